The van der Waals surface area contributed by atoms with Crippen molar-refractivity contribution < 1.29 is 0 Å². The summed E-state index contributed by atoms with van der Waals surface area (Å²) in [7, 11) is 0. The van der Waals surface area contributed by atoms with Gasteiger partial charge < -0.3 is 5.73 Å². The molecule has 17 heavy (non-hydrogen) atoms. The summed E-state index contributed by atoms with van der Waals surface area (Å²) in [5.74, 6) is 0. The zero-order valence-electron chi connectivity index (χ0n) is 8.85. The van der Waals surface area contributed by atoms with Gasteiger partial charge in [0.25, 0.3) is 0 Å². The molecule has 0 radical (unpaired) electrons. The molecule has 3 aromatic rings. The van der Waals surface area contributed by atoms with Gasteiger partial charge in [0.15, 0.2) is 0 Å². The van der Waals surface area contributed by atoms with Crippen LogP contribution in [0.15, 0.2) is 42.5 Å². The molecule has 0 unspecified atom stereocenters. The van der Waals surface area contributed by atoms with Gasteiger partial charge >= 0.3 is 0 Å². The van der Waals surface area contributed by atoms with E-state index in [-0.39, 0.29) is 0 Å². The monoisotopic (exact) mass is 260 g/mol. The third-order valence-electron chi connectivity index (χ3n) is 2.50. The van der Waals surface area contributed by atoms with Gasteiger partial charge in [-0.3, -0.25) is 0 Å². The van der Waals surface area contributed by atoms with Crippen LogP contribution in [0.25, 0.3) is 20.8 Å². The van der Waals surface area contributed by atoms with Crippen LogP contribution in [0.2, 0.25) is 5.02 Å². The van der Waals surface area contributed by atoms with Gasteiger partial charge in [0.2, 0.25) is 0 Å². The minimum Gasteiger partial charge on any atom is -0.399 e. The van der Waals surface area contributed by atoms with Gasteiger partial charge in [0.1, 0.15) is 5.01 Å². The minimum absolute atomic E-state index is 0.743. The van der Waals surface area contributed by atoms with Gasteiger partial charge in [-0.15, -0.1) is 11.3 Å². The number of hydrogen-bond donors (Lipinski definition) is 1. The molecule has 0 spiro atoms. The standard InChI is InChI=1S/C13H9ClN2S/c14-10-5-2-6-11-12(10)17-13(16-11)8-3-1-4-9(15)7-8/h1-7H,15H2. The Hall–Kier alpha value is -1.58. The zero-order valence-corrected chi connectivity index (χ0v) is 10.4. The van der Waals surface area contributed by atoms with E-state index in [1.165, 1.54) is 0 Å². The van der Waals surface area contributed by atoms with E-state index in [0.29, 0.717) is 0 Å². The summed E-state index contributed by atoms with van der Waals surface area (Å²) < 4.78 is 1.02. The number of halogens is 1. The fraction of sp³-hybridized carbons (Fsp3) is 0. The molecule has 0 atom stereocenters. The lowest BCUT2D eigenvalue weighted by Gasteiger charge is -1.96. The van der Waals surface area contributed by atoms with Gasteiger partial charge in [-0.1, -0.05) is 29.8 Å². The number of fused-ring (bicyclic) bond motifs is 1. The zero-order chi connectivity index (χ0) is 11.8. The van der Waals surface area contributed by atoms with Gasteiger partial charge in [-0.05, 0) is 24.3 Å². The third kappa shape index (κ3) is 1.88. The first-order valence-corrected chi connectivity index (χ1v) is 6.34. The Labute approximate surface area is 108 Å². The highest BCUT2D eigenvalue weighted by molar-refractivity contribution is 7.22. The number of nitrogens with two attached hydrogens (primary N) is 1. The molecule has 2 nitrogen and oxygen atoms in total. The van der Waals surface area contributed by atoms with E-state index in [2.05, 4.69) is 4.98 Å². The second-order valence-electron chi connectivity index (χ2n) is 3.73. The Morgan fingerprint density at radius 2 is 1.94 bits per heavy atom. The van der Waals surface area contributed by atoms with Crippen molar-refractivity contribution in [1.82, 2.24) is 4.98 Å². The van der Waals surface area contributed by atoms with Gasteiger partial charge in [-0.25, -0.2) is 4.98 Å². The van der Waals surface area contributed by atoms with Gasteiger partial charge in [0.05, 0.1) is 15.2 Å². The Kier molecular flexibility index (Phi) is 2.50. The minimum atomic E-state index is 0.743. The quantitative estimate of drug-likeness (QED) is 0.666. The van der Waals surface area contributed by atoms with Crippen molar-refractivity contribution >= 4 is 38.8 Å². The summed E-state index contributed by atoms with van der Waals surface area (Å²) in [6.45, 7) is 0. The lowest BCUT2D eigenvalue weighted by atomic mass is 10.2. The van der Waals surface area contributed by atoms with Crippen molar-refractivity contribution in [2.45, 2.75) is 0 Å². The van der Waals surface area contributed by atoms with Gasteiger partial charge in [0, 0.05) is 11.3 Å². The van der Waals surface area contributed by atoms with Crippen LogP contribution in [0.3, 0.4) is 0 Å². The number of thiazole rings is 1. The maximum atomic E-state index is 6.13. The molecular formula is C13H9ClN2S. The van der Waals surface area contributed by atoms with E-state index in [9.17, 15) is 0 Å². The average Bonchev–Trinajstić information content (AvgIpc) is 2.74. The number of nitrogen functional groups attached to an aromatic ring is 1. The lowest BCUT2D eigenvalue weighted by Crippen LogP contribution is -1.84. The molecule has 3 rings (SSSR count). The summed E-state index contributed by atoms with van der Waals surface area (Å²) in [6, 6.07) is 13.5. The van der Waals surface area contributed by atoms with Crippen molar-refractivity contribution in [3.63, 3.8) is 0 Å². The van der Waals surface area contributed by atoms with Crippen LogP contribution in [0.5, 0.6) is 0 Å². The smallest absolute Gasteiger partial charge is 0.124 e. The van der Waals surface area contributed by atoms with Crippen LogP contribution in [-0.4, -0.2) is 4.98 Å². The van der Waals surface area contributed by atoms with Crippen molar-refractivity contribution in [2.24, 2.45) is 0 Å². The largest absolute Gasteiger partial charge is 0.399 e. The number of benzene rings is 2. The van der Waals surface area contributed by atoms with Crippen molar-refractivity contribution in [3.8, 4) is 10.6 Å². The van der Waals surface area contributed by atoms with E-state index in [4.69, 9.17) is 17.3 Å². The summed E-state index contributed by atoms with van der Waals surface area (Å²) >= 11 is 7.72. The van der Waals surface area contributed by atoms with Crippen LogP contribution in [-0.2, 0) is 0 Å². The Morgan fingerprint density at radius 3 is 2.71 bits per heavy atom. The molecule has 2 aromatic carbocycles. The van der Waals surface area contributed by atoms with Crippen LogP contribution >= 0.6 is 22.9 Å². The van der Waals surface area contributed by atoms with Crippen LogP contribution in [0, 0.1) is 0 Å². The molecule has 84 valence electrons. The van der Waals surface area contributed by atoms with E-state index in [1.807, 2.05) is 42.5 Å². The topological polar surface area (TPSA) is 38.9 Å². The van der Waals surface area contributed by atoms with E-state index < -0.39 is 0 Å². The van der Waals surface area contributed by atoms with E-state index in [1.54, 1.807) is 11.3 Å². The normalized spacial score (nSPS) is 10.9. The Morgan fingerprint density at radius 1 is 1.12 bits per heavy atom. The predicted octanol–water partition coefficient (Wildman–Crippen LogP) is 4.20. The first-order chi connectivity index (χ1) is 8.24. The van der Waals surface area contributed by atoms with Crippen molar-refractivity contribution in [2.75, 3.05) is 5.73 Å². The molecule has 0 bridgehead atoms. The number of rotatable bonds is 1. The van der Waals surface area contributed by atoms with Crippen molar-refractivity contribution in [3.05, 3.63) is 47.5 Å². The third-order valence-corrected chi connectivity index (χ3v) is 4.08. The fourth-order valence-electron chi connectivity index (χ4n) is 1.71. The summed E-state index contributed by atoms with van der Waals surface area (Å²) in [5, 5.41) is 1.69. The number of anilines is 1. The second kappa shape index (κ2) is 4.02. The second-order valence-corrected chi connectivity index (χ2v) is 5.14. The molecule has 2 N–H and O–H groups in total. The number of aromatic nitrogens is 1. The van der Waals surface area contributed by atoms with Crippen molar-refractivity contribution in [1.29, 1.82) is 0 Å². The number of hydrogen-bond acceptors (Lipinski definition) is 3. The molecular weight excluding hydrogens is 252 g/mol. The molecule has 0 aliphatic rings. The highest BCUT2D eigenvalue weighted by Gasteiger charge is 2.08. The molecule has 4 heteroatoms. The number of nitrogens with zero attached hydrogens (tertiary/aromatic N) is 1. The molecule has 0 fully saturated rings. The molecule has 0 aliphatic carbocycles. The highest BCUT2D eigenvalue weighted by atomic mass is 35.5. The molecule has 1 aromatic heterocycles. The highest BCUT2D eigenvalue weighted by Crippen LogP contribution is 2.34. The summed E-state index contributed by atoms with van der Waals surface area (Å²) in [6.07, 6.45) is 0. The molecule has 0 aliphatic heterocycles. The van der Waals surface area contributed by atoms with Crippen LogP contribution in [0.1, 0.15) is 0 Å². The SMILES string of the molecule is Nc1cccc(-c2nc3cccc(Cl)c3s2)c1. The average molecular weight is 261 g/mol. The van der Waals surface area contributed by atoms with Crippen LogP contribution < -0.4 is 5.73 Å². The molecule has 0 amide bonds. The predicted molar refractivity (Wildman–Crippen MR) is 74.5 cm³/mol. The molecule has 0 saturated heterocycles. The maximum Gasteiger partial charge on any atom is 0.124 e. The molecule has 1 heterocycles. The first kappa shape index (κ1) is 10.6. The van der Waals surface area contributed by atoms with Gasteiger partial charge in [-0.2, -0.15) is 0 Å². The maximum absolute atomic E-state index is 6.13. The summed E-state index contributed by atoms with van der Waals surface area (Å²) in [4.78, 5) is 4.56. The van der Waals surface area contributed by atoms with E-state index >= 15 is 0 Å². The lowest BCUT2D eigenvalue weighted by molar-refractivity contribution is 1.48. The molecule has 0 saturated carbocycles. The fourth-order valence-corrected chi connectivity index (χ4v) is 2.96. The summed E-state index contributed by atoms with van der Waals surface area (Å²) in [5.41, 5.74) is 8.47. The Bertz CT molecular complexity index is 691. The van der Waals surface area contributed by atoms with E-state index in [0.717, 1.165) is 31.5 Å². The first-order valence-electron chi connectivity index (χ1n) is 5.15. The Balaban J connectivity index is 2.22. The van der Waals surface area contributed by atoms with Crippen LogP contribution in [0.4, 0.5) is 5.69 Å².